The molecule has 0 aliphatic rings. The van der Waals surface area contributed by atoms with Gasteiger partial charge >= 0.3 is 0 Å². The highest BCUT2D eigenvalue weighted by atomic mass is 16.2. The zero-order valence-electron chi connectivity index (χ0n) is 9.35. The van der Waals surface area contributed by atoms with E-state index in [0.717, 1.165) is 0 Å². The summed E-state index contributed by atoms with van der Waals surface area (Å²) in [7, 11) is 1.74. The summed E-state index contributed by atoms with van der Waals surface area (Å²) in [4.78, 5) is 12.0. The van der Waals surface area contributed by atoms with E-state index >= 15 is 0 Å². The second-order valence-electron chi connectivity index (χ2n) is 1.69. The molecule has 0 aromatic carbocycles. The van der Waals surface area contributed by atoms with Gasteiger partial charge in [0.05, 0.1) is 0 Å². The van der Waals surface area contributed by atoms with Gasteiger partial charge in [-0.25, -0.2) is 0 Å². The van der Waals surface area contributed by atoms with E-state index in [2.05, 4.69) is 6.58 Å². The number of amides is 1. The minimum Gasteiger partial charge on any atom is -0.342 e. The van der Waals surface area contributed by atoms with Gasteiger partial charge in [-0.1, -0.05) is 33.8 Å². The maximum Gasteiger partial charge on any atom is 0.219 e. The van der Waals surface area contributed by atoms with Gasteiger partial charge in [0.2, 0.25) is 5.91 Å². The van der Waals surface area contributed by atoms with E-state index in [1.807, 2.05) is 27.7 Å². The molecule has 1 amide bonds. The molecule has 0 saturated carbocycles. The Morgan fingerprint density at radius 3 is 1.75 bits per heavy atom. The third-order valence-electron chi connectivity index (χ3n) is 0.941. The second kappa shape index (κ2) is 16.7. The van der Waals surface area contributed by atoms with Gasteiger partial charge in [0.15, 0.2) is 0 Å². The van der Waals surface area contributed by atoms with E-state index in [1.54, 1.807) is 18.0 Å². The van der Waals surface area contributed by atoms with E-state index in [4.69, 9.17) is 0 Å². The summed E-state index contributed by atoms with van der Waals surface area (Å²) < 4.78 is 0. The molecule has 0 rings (SSSR count). The summed E-state index contributed by atoms with van der Waals surface area (Å²) >= 11 is 0. The summed E-state index contributed by atoms with van der Waals surface area (Å²) in [5.41, 5.74) is 0. The molecule has 0 unspecified atom stereocenters. The van der Waals surface area contributed by atoms with E-state index in [9.17, 15) is 4.79 Å². The van der Waals surface area contributed by atoms with Crippen molar-refractivity contribution in [3.8, 4) is 0 Å². The van der Waals surface area contributed by atoms with Crippen molar-refractivity contribution in [1.29, 1.82) is 0 Å². The normalized spacial score (nSPS) is 6.50. The third-order valence-corrected chi connectivity index (χ3v) is 0.941. The Labute approximate surface area is 77.3 Å². The van der Waals surface area contributed by atoms with Crippen LogP contribution in [-0.4, -0.2) is 24.4 Å². The minimum absolute atomic E-state index is 0.0740. The first-order valence-electron chi connectivity index (χ1n) is 4.51. The molecule has 0 atom stereocenters. The molecule has 0 heterocycles. The molecule has 0 bridgehead atoms. The maximum absolute atomic E-state index is 10.4. The Morgan fingerprint density at radius 2 is 1.67 bits per heavy atom. The Bertz CT molecular complexity index is 100. The largest absolute Gasteiger partial charge is 0.342 e. The van der Waals surface area contributed by atoms with Crippen molar-refractivity contribution in [2.45, 2.75) is 34.6 Å². The van der Waals surface area contributed by atoms with Gasteiger partial charge in [0, 0.05) is 20.5 Å². The number of rotatable bonds is 2. The number of hydrogen-bond acceptors (Lipinski definition) is 1. The lowest BCUT2D eigenvalue weighted by Gasteiger charge is -2.09. The standard InChI is InChI=1S/C6H11NO.2C2H6/c1-4-5-7(3)6(2)8;2*1-2/h4H,1,5H2,2-3H3;2*1-2H3. The van der Waals surface area contributed by atoms with E-state index in [1.165, 1.54) is 6.92 Å². The van der Waals surface area contributed by atoms with Crippen LogP contribution in [0.2, 0.25) is 0 Å². The molecule has 74 valence electrons. The highest BCUT2D eigenvalue weighted by molar-refractivity contribution is 5.72. The maximum atomic E-state index is 10.4. The number of likely N-dealkylation sites (N-methyl/N-ethyl adjacent to an activating group) is 1. The first-order chi connectivity index (χ1) is 5.68. The lowest BCUT2D eigenvalue weighted by Crippen LogP contribution is -2.23. The number of nitrogens with zero attached hydrogens (tertiary/aromatic N) is 1. The van der Waals surface area contributed by atoms with Gasteiger partial charge in [0.1, 0.15) is 0 Å². The molecule has 0 spiro atoms. The predicted molar refractivity (Wildman–Crippen MR) is 56.2 cm³/mol. The second-order valence-corrected chi connectivity index (χ2v) is 1.69. The highest BCUT2D eigenvalue weighted by Crippen LogP contribution is 1.80. The molecule has 12 heavy (non-hydrogen) atoms. The number of hydrogen-bond donors (Lipinski definition) is 0. The van der Waals surface area contributed by atoms with Gasteiger partial charge in [0.25, 0.3) is 0 Å². The van der Waals surface area contributed by atoms with Crippen molar-refractivity contribution in [1.82, 2.24) is 4.90 Å². The Kier molecular flexibility index (Phi) is 24.1. The fourth-order valence-electron chi connectivity index (χ4n) is 0.322. The first-order valence-corrected chi connectivity index (χ1v) is 4.51. The van der Waals surface area contributed by atoms with Crippen LogP contribution in [0.25, 0.3) is 0 Å². The van der Waals surface area contributed by atoms with Gasteiger partial charge in [-0.3, -0.25) is 4.79 Å². The zero-order chi connectivity index (χ0) is 10.6. The monoisotopic (exact) mass is 173 g/mol. The molecule has 0 aliphatic carbocycles. The number of carbonyl (C=O) groups excluding carboxylic acids is 1. The van der Waals surface area contributed by atoms with Crippen molar-refractivity contribution in [3.63, 3.8) is 0 Å². The SMILES string of the molecule is C=CCN(C)C(C)=O.CC.CC. The minimum atomic E-state index is 0.0740. The summed E-state index contributed by atoms with van der Waals surface area (Å²) in [6.07, 6.45) is 1.70. The molecule has 2 nitrogen and oxygen atoms in total. The van der Waals surface area contributed by atoms with Crippen LogP contribution in [0, 0.1) is 0 Å². The highest BCUT2D eigenvalue weighted by Gasteiger charge is 1.95. The van der Waals surface area contributed by atoms with Crippen LogP contribution in [0.1, 0.15) is 34.6 Å². The Balaban J connectivity index is -0.000000175. The molecule has 0 aliphatic heterocycles. The quantitative estimate of drug-likeness (QED) is 0.588. The molecule has 0 aromatic heterocycles. The lowest BCUT2D eigenvalue weighted by molar-refractivity contribution is -0.127. The van der Waals surface area contributed by atoms with Gasteiger partial charge in [-0.2, -0.15) is 0 Å². The average Bonchev–Trinajstić information content (AvgIpc) is 2.12. The van der Waals surface area contributed by atoms with Gasteiger partial charge < -0.3 is 4.90 Å². The zero-order valence-corrected chi connectivity index (χ0v) is 9.35. The van der Waals surface area contributed by atoms with Crippen LogP contribution in [0.4, 0.5) is 0 Å². The fourth-order valence-corrected chi connectivity index (χ4v) is 0.322. The molecule has 2 heteroatoms. The summed E-state index contributed by atoms with van der Waals surface area (Å²) in [5, 5.41) is 0. The average molecular weight is 173 g/mol. The third kappa shape index (κ3) is 16.1. The fraction of sp³-hybridized carbons (Fsp3) is 0.700. The van der Waals surface area contributed by atoms with Gasteiger partial charge in [-0.05, 0) is 0 Å². The van der Waals surface area contributed by atoms with Crippen LogP contribution in [-0.2, 0) is 4.79 Å². The van der Waals surface area contributed by atoms with E-state index in [-0.39, 0.29) is 5.91 Å². The van der Waals surface area contributed by atoms with Crippen molar-refractivity contribution in [2.75, 3.05) is 13.6 Å². The van der Waals surface area contributed by atoms with Crippen LogP contribution in [0.5, 0.6) is 0 Å². The topological polar surface area (TPSA) is 20.3 Å². The van der Waals surface area contributed by atoms with Crippen LogP contribution in [0.15, 0.2) is 12.7 Å². The molecule has 0 fully saturated rings. The van der Waals surface area contributed by atoms with Crippen molar-refractivity contribution in [2.24, 2.45) is 0 Å². The predicted octanol–water partition coefficient (Wildman–Crippen LogP) is 2.70. The summed E-state index contributed by atoms with van der Waals surface area (Å²) in [6, 6.07) is 0. The van der Waals surface area contributed by atoms with Crippen LogP contribution >= 0.6 is 0 Å². The Hall–Kier alpha value is -0.790. The van der Waals surface area contributed by atoms with Crippen LogP contribution in [0.3, 0.4) is 0 Å². The number of carbonyl (C=O) groups is 1. The smallest absolute Gasteiger partial charge is 0.219 e. The summed E-state index contributed by atoms with van der Waals surface area (Å²) in [6.45, 7) is 13.7. The lowest BCUT2D eigenvalue weighted by atomic mass is 10.5. The molecule has 0 radical (unpaired) electrons. The first kappa shape index (κ1) is 17.3. The Morgan fingerprint density at radius 1 is 1.33 bits per heavy atom. The van der Waals surface area contributed by atoms with Crippen molar-refractivity contribution >= 4 is 5.91 Å². The molecule has 0 aromatic rings. The van der Waals surface area contributed by atoms with E-state index < -0.39 is 0 Å². The van der Waals surface area contributed by atoms with E-state index in [0.29, 0.717) is 6.54 Å². The van der Waals surface area contributed by atoms with Gasteiger partial charge in [-0.15, -0.1) is 6.58 Å². The van der Waals surface area contributed by atoms with Crippen molar-refractivity contribution < 1.29 is 4.79 Å². The van der Waals surface area contributed by atoms with Crippen molar-refractivity contribution in [3.05, 3.63) is 12.7 Å². The van der Waals surface area contributed by atoms with Crippen LogP contribution < -0.4 is 0 Å². The molecular formula is C10H23NO. The summed E-state index contributed by atoms with van der Waals surface area (Å²) in [5.74, 6) is 0.0740. The molecule has 0 N–H and O–H groups in total. The molecular weight excluding hydrogens is 150 g/mol. The molecule has 0 saturated heterocycles.